The predicted molar refractivity (Wildman–Crippen MR) is 659 cm³/mol. The van der Waals surface area contributed by atoms with Crippen LogP contribution in [-0.2, 0) is 0 Å². The monoisotopic (exact) mass is 2020 g/mol. The molecule has 0 aromatic carbocycles. The highest BCUT2D eigenvalue weighted by molar-refractivity contribution is 7.62. The molecule has 9 heteroatoms. The molecule has 3 aliphatic rings. The molecule has 0 bridgehead atoms. The summed E-state index contributed by atoms with van der Waals surface area (Å²) in [5, 5.41) is 1.35. The van der Waals surface area contributed by atoms with Crippen molar-refractivity contribution in [3.8, 4) is 0 Å². The van der Waals surface area contributed by atoms with Crippen molar-refractivity contribution in [2.75, 3.05) is 111 Å². The largest absolute Gasteiger partial charge is 0.108 e. The predicted octanol–water partition coefficient (Wildman–Crippen LogP) is 48.5. The number of rotatable bonds is 69. The van der Waals surface area contributed by atoms with Gasteiger partial charge in [-0.15, -0.1) is 47.5 Å². The van der Waals surface area contributed by atoms with Crippen LogP contribution in [0.15, 0.2) is 0 Å². The van der Waals surface area contributed by atoms with Gasteiger partial charge < -0.3 is 0 Å². The summed E-state index contributed by atoms with van der Waals surface area (Å²) < 4.78 is 0. The third-order valence-corrected chi connectivity index (χ3v) is 58.5. The minimum Gasteiger partial charge on any atom is -0.108 e. The Kier molecular flexibility index (Phi) is 118. The lowest BCUT2D eigenvalue weighted by molar-refractivity contribution is 0.460. The van der Waals surface area contributed by atoms with Gasteiger partial charge in [0.05, 0.1) is 0 Å². The van der Waals surface area contributed by atoms with Crippen LogP contribution in [0.3, 0.4) is 0 Å². The second kappa shape index (κ2) is 106. The van der Waals surface area contributed by atoms with E-state index >= 15 is 0 Å². The summed E-state index contributed by atoms with van der Waals surface area (Å²) in [5.41, 5.74) is 6.44. The molecule has 0 aromatic rings. The fourth-order valence-corrected chi connectivity index (χ4v) is 51.9. The number of unbranched alkanes of at least 4 members (excludes halogenated alkanes) is 27. The molecule has 3 atom stereocenters. The highest BCUT2D eigenvalue weighted by Gasteiger charge is 2.42. The molecule has 3 unspecified atom stereocenters. The Hall–Kier alpha value is 3.87. The third-order valence-electron chi connectivity index (χ3n) is 28.1. The molecule has 132 heavy (non-hydrogen) atoms. The third kappa shape index (κ3) is 96.0. The van der Waals surface area contributed by atoms with E-state index in [0.717, 1.165) is 34.7 Å². The fraction of sp³-hybridized carbons (Fsp3) is 1.00. The van der Waals surface area contributed by atoms with Crippen molar-refractivity contribution in [3.63, 3.8) is 0 Å². The van der Waals surface area contributed by atoms with E-state index < -0.39 is 0 Å². The van der Waals surface area contributed by atoms with Crippen LogP contribution < -0.4 is 0 Å². The summed E-state index contributed by atoms with van der Waals surface area (Å²) in [6, 6.07) is 0. The van der Waals surface area contributed by atoms with Crippen LogP contribution in [0.4, 0.5) is 0 Å². The van der Waals surface area contributed by atoms with Gasteiger partial charge in [-0.25, -0.2) is 0 Å². The zero-order valence-corrected chi connectivity index (χ0v) is 108. The maximum atomic E-state index is 2.45. The average molecular weight is 2030 g/mol. The van der Waals surface area contributed by atoms with Crippen molar-refractivity contribution in [2.45, 2.75) is 665 Å². The van der Waals surface area contributed by atoms with E-state index in [2.05, 4.69) is 249 Å². The maximum Gasteiger partial charge on any atom is -0.0170 e. The molecule has 3 rings (SSSR count). The zero-order chi connectivity index (χ0) is 101. The van der Waals surface area contributed by atoms with Crippen LogP contribution in [0.25, 0.3) is 0 Å². The highest BCUT2D eigenvalue weighted by Crippen LogP contribution is 2.67. The summed E-state index contributed by atoms with van der Waals surface area (Å²) in [7, 11) is 3.04. The molecule has 0 aliphatic heterocycles. The summed E-state index contributed by atoms with van der Waals surface area (Å²) in [6.07, 6.45) is 112. The standard InChI is InChI=1S/C24H51P.C18H33P.C18H39P.4C12H27P.C9H21P.C6H15P/c1-4-7-10-13-16-19-22-25(23-20-17-14-11-8-5-2)24-21-18-15-12-9-6-3;1-4-10-16(11-5-1)19(17-12-6-2-7-13-17)18-14-8-3-9-15-18;1-4-7-10-13-16-19(17-14-11-8-5-2)18-15-12-9-6-3;1-10(2)7-13(8-11(3)4)9-12(5)6;1-10(2,3)13(11(4,5)6)12(7,8)9;1-7-10(4)13(11(5)8-2)12(6)9-3;1-4-7-10-13(11-8-5-2)12-9-6-3;1-4-7-10(8-5-2)9-6-3;1-4-7(5-2)6-3/h4-24H2,1-3H3;16-18H,1-15H2;4-18H2,1-3H3;10-12H,7-9H2,1-6H3;1-9H3;10-12H,7-9H2,1-6H3;4-12H2,1-3H3;4-9H2,1-3H3;4-6H2,1-3H3. The van der Waals surface area contributed by atoms with Crippen LogP contribution in [0.2, 0.25) is 0 Å². The molecule has 3 aliphatic carbocycles. The van der Waals surface area contributed by atoms with Gasteiger partial charge in [0.1, 0.15) is 0 Å². The Morgan fingerprint density at radius 3 is 0.538 bits per heavy atom. The summed E-state index contributed by atoms with van der Waals surface area (Å²) in [6.45, 7) is 84.6. The SMILES string of the molecule is C1CCC(P(C2CCCCC2)C2CCCCC2)CC1.CC(C)(C)P(C(C)(C)C)C(C)(C)C.CC(C)CP(CC(C)C)CC(C)C.CCC(C)P(C(C)CC)C(C)CC.CCCCCCCCP(CCCCCCCC)CCCCCCCC.CCCCCCP(CCCCCC)CCCCCC.CCCCP(CCCC)CCCC.CCCP(CCC)CCC.CCP(CC)CC. The molecule has 804 valence electrons. The Balaban J connectivity index is -0.000000345. The second-order valence-corrected chi connectivity index (χ2v) is 74.1. The van der Waals surface area contributed by atoms with Crippen molar-refractivity contribution >= 4 is 71.3 Å². The lowest BCUT2D eigenvalue weighted by Crippen LogP contribution is -2.34. The Labute approximate surface area is 858 Å². The Morgan fingerprint density at radius 1 is 0.197 bits per heavy atom. The molecular formula is C123H267P9. The molecule has 0 amide bonds. The number of hydrogen-bond donors (Lipinski definition) is 0. The lowest BCUT2D eigenvalue weighted by atomic mass is 9.99. The van der Waals surface area contributed by atoms with E-state index in [1.807, 2.05) is 0 Å². The van der Waals surface area contributed by atoms with Crippen molar-refractivity contribution in [2.24, 2.45) is 17.8 Å². The first-order chi connectivity index (χ1) is 63.0. The minimum atomic E-state index is 0.0162. The summed E-state index contributed by atoms with van der Waals surface area (Å²) >= 11 is 0. The van der Waals surface area contributed by atoms with Gasteiger partial charge in [-0.05, 0) is 294 Å². The molecule has 0 nitrogen and oxygen atoms in total. The number of hydrogen-bond acceptors (Lipinski definition) is 0. The lowest BCUT2D eigenvalue weighted by Gasteiger charge is -2.49. The first-order valence-corrected chi connectivity index (χ1v) is 76.6. The molecule has 0 radical (unpaired) electrons. The molecule has 0 heterocycles. The molecular weight excluding hydrogens is 1760 g/mol. The summed E-state index contributed by atoms with van der Waals surface area (Å²) in [5.74, 6) is 2.68. The van der Waals surface area contributed by atoms with Crippen molar-refractivity contribution in [1.29, 1.82) is 0 Å². The van der Waals surface area contributed by atoms with Crippen LogP contribution in [0.5, 0.6) is 0 Å². The van der Waals surface area contributed by atoms with Crippen molar-refractivity contribution in [3.05, 3.63) is 0 Å². The van der Waals surface area contributed by atoms with Crippen LogP contribution >= 0.6 is 71.3 Å². The van der Waals surface area contributed by atoms with Crippen molar-refractivity contribution in [1.82, 2.24) is 0 Å². The molecule has 0 N–H and O–H groups in total. The van der Waals surface area contributed by atoms with Gasteiger partial charge in [-0.1, -0.05) is 523 Å². The van der Waals surface area contributed by atoms with E-state index in [1.54, 1.807) is 133 Å². The average Bonchev–Trinajstić information content (AvgIpc) is 0.750. The van der Waals surface area contributed by atoms with E-state index in [9.17, 15) is 0 Å². The summed E-state index contributed by atoms with van der Waals surface area (Å²) in [4.78, 5) is 0. The van der Waals surface area contributed by atoms with Crippen LogP contribution in [-0.4, -0.2) is 160 Å². The first-order valence-electron chi connectivity index (χ1n) is 60.7. The molecule has 3 saturated carbocycles. The van der Waals surface area contributed by atoms with Gasteiger partial charge in [0.25, 0.3) is 0 Å². The molecule has 0 spiro atoms. The highest BCUT2D eigenvalue weighted by atomic mass is 31.1. The van der Waals surface area contributed by atoms with Crippen LogP contribution in [0, 0.1) is 17.8 Å². The van der Waals surface area contributed by atoms with Crippen LogP contribution in [0.1, 0.15) is 615 Å². The van der Waals surface area contributed by atoms with Gasteiger partial charge >= 0.3 is 0 Å². The van der Waals surface area contributed by atoms with Gasteiger partial charge in [0.2, 0.25) is 0 Å². The Morgan fingerprint density at radius 2 is 0.379 bits per heavy atom. The van der Waals surface area contributed by atoms with Gasteiger partial charge in [-0.2, -0.15) is 0 Å². The second-order valence-electron chi connectivity index (χ2n) is 46.3. The van der Waals surface area contributed by atoms with Gasteiger partial charge in [-0.3, -0.25) is 0 Å². The van der Waals surface area contributed by atoms with E-state index in [4.69, 9.17) is 0 Å². The maximum absolute atomic E-state index is 2.45. The van der Waals surface area contributed by atoms with Crippen molar-refractivity contribution < 1.29 is 0 Å². The quantitative estimate of drug-likeness (QED) is 0.0421. The molecule has 0 saturated heterocycles. The minimum absolute atomic E-state index is 0.0162. The normalized spacial score (nSPS) is 15.2. The first kappa shape index (κ1) is 147. The topological polar surface area (TPSA) is 0 Å². The smallest absolute Gasteiger partial charge is 0.0170 e. The van der Waals surface area contributed by atoms with E-state index in [-0.39, 0.29) is 15.8 Å². The zero-order valence-electron chi connectivity index (χ0n) is 99.8. The van der Waals surface area contributed by atoms with E-state index in [0.29, 0.717) is 70.9 Å². The fourth-order valence-electron chi connectivity index (χ4n) is 21.5. The van der Waals surface area contributed by atoms with Gasteiger partial charge in [0.15, 0.2) is 0 Å². The molecule has 3 fully saturated rings. The Bertz CT molecular complexity index is 1880. The molecule has 0 aromatic heterocycles. The van der Waals surface area contributed by atoms with E-state index in [1.165, 1.54) is 361 Å². The van der Waals surface area contributed by atoms with Gasteiger partial charge in [0, 0.05) is 0 Å².